The monoisotopic (exact) mass is 397 g/mol. The fraction of sp³-hybridized carbons (Fsp3) is 0. The van der Waals surface area contributed by atoms with Crippen LogP contribution in [0.1, 0.15) is 15.9 Å². The van der Waals surface area contributed by atoms with Crippen molar-refractivity contribution in [3.8, 4) is 0 Å². The van der Waals surface area contributed by atoms with Gasteiger partial charge in [-0.1, -0.05) is 60.1 Å². The summed E-state index contributed by atoms with van der Waals surface area (Å²) in [6, 6.07) is 21.6. The summed E-state index contributed by atoms with van der Waals surface area (Å²) in [5, 5.41) is 0.574. The van der Waals surface area contributed by atoms with Crippen LogP contribution in [0, 0.1) is 0 Å². The van der Waals surface area contributed by atoms with Crippen LogP contribution < -0.4 is 4.72 Å². The molecule has 3 rings (SSSR count). The summed E-state index contributed by atoms with van der Waals surface area (Å²) in [7, 11) is -3.79. The number of ketones is 1. The zero-order chi connectivity index (χ0) is 19.3. The minimum absolute atomic E-state index is 0.0216. The summed E-state index contributed by atoms with van der Waals surface area (Å²) in [6.45, 7) is 0. The molecule has 0 fully saturated rings. The van der Waals surface area contributed by atoms with Crippen molar-refractivity contribution < 1.29 is 13.2 Å². The van der Waals surface area contributed by atoms with Gasteiger partial charge in [-0.2, -0.15) is 0 Å². The number of allylic oxidation sites excluding steroid dienone is 1. The van der Waals surface area contributed by atoms with Crippen LogP contribution in [0.4, 0.5) is 5.69 Å². The zero-order valence-corrected chi connectivity index (χ0v) is 15.7. The smallest absolute Gasteiger partial charge is 0.261 e. The fourth-order valence-electron chi connectivity index (χ4n) is 2.42. The first-order valence-electron chi connectivity index (χ1n) is 8.10. The minimum atomic E-state index is -3.79. The van der Waals surface area contributed by atoms with Crippen molar-refractivity contribution in [2.75, 3.05) is 4.72 Å². The van der Waals surface area contributed by atoms with E-state index < -0.39 is 10.0 Å². The van der Waals surface area contributed by atoms with E-state index in [2.05, 4.69) is 4.72 Å². The van der Waals surface area contributed by atoms with Crippen LogP contribution in [0.15, 0.2) is 89.8 Å². The molecular formula is C21H16ClNO3S. The minimum Gasteiger partial charge on any atom is -0.289 e. The Labute approximate surface area is 163 Å². The van der Waals surface area contributed by atoms with E-state index in [-0.39, 0.29) is 16.2 Å². The Kier molecular flexibility index (Phi) is 5.74. The lowest BCUT2D eigenvalue weighted by Crippen LogP contribution is -2.13. The standard InChI is InChI=1S/C21H16ClNO3S/c22-18-8-4-6-16(14-18)12-13-21(24)17-7-5-11-20(15-17)27(25,26)23-19-9-2-1-3-10-19/h1-15,23H/b13-12+. The number of hydrogen-bond donors (Lipinski definition) is 1. The highest BCUT2D eigenvalue weighted by molar-refractivity contribution is 7.92. The molecule has 0 radical (unpaired) electrons. The lowest BCUT2D eigenvalue weighted by molar-refractivity contribution is 0.104. The number of rotatable bonds is 6. The molecular weight excluding hydrogens is 382 g/mol. The van der Waals surface area contributed by atoms with Crippen LogP contribution in [-0.2, 0) is 10.0 Å². The first-order chi connectivity index (χ1) is 12.9. The first-order valence-corrected chi connectivity index (χ1v) is 9.96. The van der Waals surface area contributed by atoms with E-state index in [0.29, 0.717) is 10.7 Å². The van der Waals surface area contributed by atoms with Crippen LogP contribution >= 0.6 is 11.6 Å². The molecule has 0 saturated carbocycles. The second kappa shape index (κ2) is 8.20. The van der Waals surface area contributed by atoms with E-state index >= 15 is 0 Å². The average Bonchev–Trinajstić information content (AvgIpc) is 2.67. The molecule has 0 heterocycles. The van der Waals surface area contributed by atoms with Crippen molar-refractivity contribution in [3.63, 3.8) is 0 Å². The predicted octanol–water partition coefficient (Wildman–Crippen LogP) is 5.04. The molecule has 0 spiro atoms. The molecule has 6 heteroatoms. The molecule has 3 aromatic carbocycles. The molecule has 0 atom stereocenters. The van der Waals surface area contributed by atoms with Gasteiger partial charge in [0.25, 0.3) is 10.0 Å². The van der Waals surface area contributed by atoms with Crippen LogP contribution in [0.25, 0.3) is 6.08 Å². The van der Waals surface area contributed by atoms with Crippen molar-refractivity contribution >= 4 is 39.2 Å². The molecule has 3 aromatic rings. The highest BCUT2D eigenvalue weighted by Gasteiger charge is 2.15. The maximum absolute atomic E-state index is 12.5. The number of benzene rings is 3. The topological polar surface area (TPSA) is 63.2 Å². The maximum atomic E-state index is 12.5. The molecule has 0 aliphatic rings. The summed E-state index contributed by atoms with van der Waals surface area (Å²) in [5.74, 6) is -0.299. The number of nitrogens with one attached hydrogen (secondary N) is 1. The molecule has 4 nitrogen and oxygen atoms in total. The molecule has 0 aromatic heterocycles. The molecule has 0 saturated heterocycles. The van der Waals surface area contributed by atoms with Gasteiger partial charge < -0.3 is 0 Å². The number of sulfonamides is 1. The molecule has 1 N–H and O–H groups in total. The molecule has 136 valence electrons. The van der Waals surface area contributed by atoms with E-state index in [0.717, 1.165) is 5.56 Å². The van der Waals surface area contributed by atoms with E-state index in [1.54, 1.807) is 66.7 Å². The van der Waals surface area contributed by atoms with Crippen LogP contribution in [0.3, 0.4) is 0 Å². The van der Waals surface area contributed by atoms with E-state index in [1.807, 2.05) is 6.07 Å². The van der Waals surface area contributed by atoms with Gasteiger partial charge in [-0.3, -0.25) is 9.52 Å². The van der Waals surface area contributed by atoms with Gasteiger partial charge in [-0.05, 0) is 48.0 Å². The van der Waals surface area contributed by atoms with Crippen molar-refractivity contribution in [1.82, 2.24) is 0 Å². The number of carbonyl (C=O) groups excluding carboxylic acids is 1. The Morgan fingerprint density at radius 1 is 0.889 bits per heavy atom. The van der Waals surface area contributed by atoms with Crippen LogP contribution in [-0.4, -0.2) is 14.2 Å². The van der Waals surface area contributed by atoms with Crippen molar-refractivity contribution in [2.45, 2.75) is 4.90 Å². The Morgan fingerprint density at radius 3 is 2.37 bits per heavy atom. The Hall–Kier alpha value is -2.89. The number of anilines is 1. The van der Waals surface area contributed by atoms with Gasteiger partial charge >= 0.3 is 0 Å². The van der Waals surface area contributed by atoms with Crippen LogP contribution in [0.2, 0.25) is 5.02 Å². The third-order valence-electron chi connectivity index (χ3n) is 3.73. The van der Waals surface area contributed by atoms with E-state index in [1.165, 1.54) is 18.2 Å². The highest BCUT2D eigenvalue weighted by Crippen LogP contribution is 2.18. The summed E-state index contributed by atoms with van der Waals surface area (Å²) in [6.07, 6.45) is 3.03. The molecule has 0 aliphatic carbocycles. The molecule has 0 aliphatic heterocycles. The maximum Gasteiger partial charge on any atom is 0.261 e. The van der Waals surface area contributed by atoms with Gasteiger partial charge in [-0.15, -0.1) is 0 Å². The highest BCUT2D eigenvalue weighted by atomic mass is 35.5. The Morgan fingerprint density at radius 2 is 1.63 bits per heavy atom. The van der Waals surface area contributed by atoms with Gasteiger partial charge in [0.1, 0.15) is 0 Å². The van der Waals surface area contributed by atoms with Crippen molar-refractivity contribution in [2.24, 2.45) is 0 Å². The summed E-state index contributed by atoms with van der Waals surface area (Å²) < 4.78 is 27.6. The van der Waals surface area contributed by atoms with Gasteiger partial charge in [0, 0.05) is 16.3 Å². The van der Waals surface area contributed by atoms with Gasteiger partial charge in [0.05, 0.1) is 4.90 Å². The molecule has 0 unspecified atom stereocenters. The largest absolute Gasteiger partial charge is 0.289 e. The lowest BCUT2D eigenvalue weighted by Gasteiger charge is -2.08. The third kappa shape index (κ3) is 5.06. The number of hydrogen-bond acceptors (Lipinski definition) is 3. The van der Waals surface area contributed by atoms with Crippen molar-refractivity contribution in [3.05, 3.63) is 101 Å². The lowest BCUT2D eigenvalue weighted by atomic mass is 10.1. The van der Waals surface area contributed by atoms with E-state index in [9.17, 15) is 13.2 Å². The quantitative estimate of drug-likeness (QED) is 0.468. The summed E-state index contributed by atoms with van der Waals surface area (Å²) in [4.78, 5) is 12.4. The number of halogens is 1. The fourth-order valence-corrected chi connectivity index (χ4v) is 3.72. The average molecular weight is 398 g/mol. The van der Waals surface area contributed by atoms with Crippen LogP contribution in [0.5, 0.6) is 0 Å². The third-order valence-corrected chi connectivity index (χ3v) is 5.34. The van der Waals surface area contributed by atoms with Gasteiger partial charge in [0.15, 0.2) is 5.78 Å². The van der Waals surface area contributed by atoms with Crippen molar-refractivity contribution in [1.29, 1.82) is 0 Å². The second-order valence-corrected chi connectivity index (χ2v) is 7.87. The summed E-state index contributed by atoms with van der Waals surface area (Å²) in [5.41, 5.74) is 1.52. The Bertz CT molecular complexity index is 1090. The first kappa shape index (κ1) is 18.9. The van der Waals surface area contributed by atoms with Gasteiger partial charge in [0.2, 0.25) is 0 Å². The zero-order valence-electron chi connectivity index (χ0n) is 14.2. The summed E-state index contributed by atoms with van der Waals surface area (Å²) >= 11 is 5.92. The second-order valence-electron chi connectivity index (χ2n) is 5.75. The molecule has 0 bridgehead atoms. The SMILES string of the molecule is O=C(/C=C/c1cccc(Cl)c1)c1cccc(S(=O)(=O)Nc2ccccc2)c1. The molecule has 0 amide bonds. The number of para-hydroxylation sites is 1. The Balaban J connectivity index is 1.81. The van der Waals surface area contributed by atoms with E-state index in [4.69, 9.17) is 11.6 Å². The normalized spacial score (nSPS) is 11.4. The van der Waals surface area contributed by atoms with Gasteiger partial charge in [-0.25, -0.2) is 8.42 Å². The number of carbonyl (C=O) groups is 1. The molecule has 27 heavy (non-hydrogen) atoms. The predicted molar refractivity (Wildman–Crippen MR) is 109 cm³/mol.